The number of nitrogens with zero attached hydrogens (tertiary/aromatic N) is 2. The Balaban J connectivity index is 2.20. The Labute approximate surface area is 133 Å². The molecule has 0 aliphatic heterocycles. The van der Waals surface area contributed by atoms with E-state index in [1.807, 2.05) is 30.3 Å². The highest BCUT2D eigenvalue weighted by Crippen LogP contribution is 2.36. The minimum atomic E-state index is 0.337. The van der Waals surface area contributed by atoms with Gasteiger partial charge in [0.2, 0.25) is 0 Å². The molecule has 0 unspecified atom stereocenters. The van der Waals surface area contributed by atoms with Gasteiger partial charge >= 0.3 is 0 Å². The molecular weight excluding hydrogens is 300 g/mol. The van der Waals surface area contributed by atoms with E-state index in [4.69, 9.17) is 21.1 Å². The van der Waals surface area contributed by atoms with Crippen LogP contribution in [-0.4, -0.2) is 24.4 Å². The van der Waals surface area contributed by atoms with Gasteiger partial charge < -0.3 is 9.47 Å². The first-order valence-electron chi connectivity index (χ1n) is 6.83. The predicted octanol–water partition coefficient (Wildman–Crippen LogP) is 3.89. The summed E-state index contributed by atoms with van der Waals surface area (Å²) in [5.74, 6) is 1.35. The molecule has 0 atom stereocenters. The molecule has 3 aromatic rings. The lowest BCUT2D eigenvalue weighted by molar-refractivity contribution is 0.397. The number of aromatic nitrogens is 2. The van der Waals surface area contributed by atoms with E-state index < -0.39 is 0 Å². The van der Waals surface area contributed by atoms with Crippen molar-refractivity contribution < 1.29 is 9.47 Å². The zero-order valence-corrected chi connectivity index (χ0v) is 13.1. The largest absolute Gasteiger partial charge is 0.497 e. The Hall–Kier alpha value is -2.33. The summed E-state index contributed by atoms with van der Waals surface area (Å²) in [6.07, 6.45) is 0.657. The fourth-order valence-corrected chi connectivity index (χ4v) is 2.64. The fourth-order valence-electron chi connectivity index (χ4n) is 2.45. The maximum atomic E-state index is 6.21. The summed E-state index contributed by atoms with van der Waals surface area (Å²) in [7, 11) is 3.23. The molecule has 0 saturated carbocycles. The molecule has 0 aliphatic rings. The highest BCUT2D eigenvalue weighted by atomic mass is 35.5. The quantitative estimate of drug-likeness (QED) is 0.733. The highest BCUT2D eigenvalue weighted by Gasteiger charge is 2.15. The van der Waals surface area contributed by atoms with Gasteiger partial charge in [0.05, 0.1) is 25.3 Å². The lowest BCUT2D eigenvalue weighted by Gasteiger charge is -2.12. The third-order valence-corrected chi connectivity index (χ3v) is 3.79. The van der Waals surface area contributed by atoms with Gasteiger partial charge in [-0.3, -0.25) is 0 Å². The number of hydrogen-bond donors (Lipinski definition) is 0. The maximum absolute atomic E-state index is 6.21. The van der Waals surface area contributed by atoms with Gasteiger partial charge in [0.25, 0.3) is 0 Å². The molecular formula is C17H15ClN2O2. The van der Waals surface area contributed by atoms with Crippen LogP contribution in [0.3, 0.4) is 0 Å². The van der Waals surface area contributed by atoms with Gasteiger partial charge in [-0.05, 0) is 11.6 Å². The number of halogens is 1. The summed E-state index contributed by atoms with van der Waals surface area (Å²) in [4.78, 5) is 0. The molecule has 0 spiro atoms. The second kappa shape index (κ2) is 6.20. The Morgan fingerprint density at radius 2 is 1.77 bits per heavy atom. The summed E-state index contributed by atoms with van der Waals surface area (Å²) in [5, 5.41) is 10.3. The number of ether oxygens (including phenoxy) is 2. The van der Waals surface area contributed by atoms with E-state index in [0.717, 1.165) is 22.0 Å². The molecule has 2 aromatic carbocycles. The fraction of sp³-hybridized carbons (Fsp3) is 0.176. The van der Waals surface area contributed by atoms with Gasteiger partial charge in [-0.15, -0.1) is 5.10 Å². The van der Waals surface area contributed by atoms with Crippen molar-refractivity contribution in [2.75, 3.05) is 14.2 Å². The third kappa shape index (κ3) is 2.70. The lowest BCUT2D eigenvalue weighted by Crippen LogP contribution is -2.00. The van der Waals surface area contributed by atoms with Gasteiger partial charge in [0.15, 0.2) is 5.15 Å². The standard InChI is InChI=1S/C17H15ClN2O2/c1-21-12-9-13-16(15(10-12)22-2)14(19-20-17(13)18)8-11-6-4-3-5-7-11/h3-7,9-10H,8H2,1-2H3. The molecule has 0 amide bonds. The molecule has 1 aromatic heterocycles. The van der Waals surface area contributed by atoms with E-state index in [0.29, 0.717) is 23.1 Å². The van der Waals surface area contributed by atoms with E-state index in [-0.39, 0.29) is 0 Å². The van der Waals surface area contributed by atoms with Gasteiger partial charge in [0, 0.05) is 17.9 Å². The number of fused-ring (bicyclic) bond motifs is 1. The average molecular weight is 315 g/mol. The minimum absolute atomic E-state index is 0.337. The second-order valence-electron chi connectivity index (χ2n) is 4.85. The summed E-state index contributed by atoms with van der Waals surface area (Å²) >= 11 is 6.21. The van der Waals surface area contributed by atoms with Gasteiger partial charge in [-0.1, -0.05) is 41.9 Å². The number of hydrogen-bond acceptors (Lipinski definition) is 4. The van der Waals surface area contributed by atoms with Crippen molar-refractivity contribution in [1.82, 2.24) is 10.2 Å². The number of methoxy groups -OCH3 is 2. The van der Waals surface area contributed by atoms with Crippen LogP contribution in [0.2, 0.25) is 5.15 Å². The first kappa shape index (κ1) is 14.6. The van der Waals surface area contributed by atoms with Crippen LogP contribution in [0.5, 0.6) is 11.5 Å². The molecule has 0 bridgehead atoms. The molecule has 0 aliphatic carbocycles. The SMILES string of the molecule is COc1cc(OC)c2c(Cc3ccccc3)nnc(Cl)c2c1. The minimum Gasteiger partial charge on any atom is -0.497 e. The molecule has 0 N–H and O–H groups in total. The summed E-state index contributed by atoms with van der Waals surface area (Å²) < 4.78 is 10.8. The average Bonchev–Trinajstić information content (AvgIpc) is 2.57. The zero-order valence-electron chi connectivity index (χ0n) is 12.3. The van der Waals surface area contributed by atoms with Gasteiger partial charge in [-0.25, -0.2) is 0 Å². The van der Waals surface area contributed by atoms with Crippen molar-refractivity contribution in [3.05, 3.63) is 58.9 Å². The molecule has 4 nitrogen and oxygen atoms in total. The smallest absolute Gasteiger partial charge is 0.159 e. The summed E-state index contributed by atoms with van der Waals surface area (Å²) in [6, 6.07) is 13.8. The Morgan fingerprint density at radius 3 is 2.45 bits per heavy atom. The normalized spacial score (nSPS) is 10.7. The summed E-state index contributed by atoms with van der Waals surface area (Å²) in [6.45, 7) is 0. The van der Waals surface area contributed by atoms with Crippen LogP contribution in [0.4, 0.5) is 0 Å². The predicted molar refractivity (Wildman–Crippen MR) is 86.9 cm³/mol. The third-order valence-electron chi connectivity index (χ3n) is 3.52. The number of rotatable bonds is 4. The van der Waals surface area contributed by atoms with Crippen LogP contribution in [0.15, 0.2) is 42.5 Å². The van der Waals surface area contributed by atoms with Crippen LogP contribution in [0, 0.1) is 0 Å². The second-order valence-corrected chi connectivity index (χ2v) is 5.21. The van der Waals surface area contributed by atoms with E-state index >= 15 is 0 Å². The Kier molecular flexibility index (Phi) is 4.11. The van der Waals surface area contributed by atoms with Crippen LogP contribution >= 0.6 is 11.6 Å². The Bertz CT molecular complexity index is 807. The topological polar surface area (TPSA) is 44.2 Å². The van der Waals surface area contributed by atoms with E-state index in [1.54, 1.807) is 14.2 Å². The first-order valence-corrected chi connectivity index (χ1v) is 7.21. The highest BCUT2D eigenvalue weighted by molar-refractivity contribution is 6.34. The molecule has 0 radical (unpaired) electrons. The molecule has 0 fully saturated rings. The van der Waals surface area contributed by atoms with Crippen molar-refractivity contribution in [2.24, 2.45) is 0 Å². The van der Waals surface area contributed by atoms with Crippen LogP contribution in [0.25, 0.3) is 10.8 Å². The van der Waals surface area contributed by atoms with Gasteiger partial charge in [-0.2, -0.15) is 5.10 Å². The van der Waals surface area contributed by atoms with E-state index in [9.17, 15) is 0 Å². The zero-order chi connectivity index (χ0) is 15.5. The maximum Gasteiger partial charge on any atom is 0.159 e. The molecule has 22 heavy (non-hydrogen) atoms. The Morgan fingerprint density at radius 1 is 1.00 bits per heavy atom. The van der Waals surface area contributed by atoms with Crippen LogP contribution < -0.4 is 9.47 Å². The lowest BCUT2D eigenvalue weighted by atomic mass is 10.0. The van der Waals surface area contributed by atoms with Crippen LogP contribution in [-0.2, 0) is 6.42 Å². The summed E-state index contributed by atoms with van der Waals surface area (Å²) in [5.41, 5.74) is 1.98. The van der Waals surface area contributed by atoms with Gasteiger partial charge in [0.1, 0.15) is 11.5 Å². The van der Waals surface area contributed by atoms with E-state index in [1.165, 1.54) is 0 Å². The molecule has 112 valence electrons. The van der Waals surface area contributed by atoms with Crippen molar-refractivity contribution in [3.8, 4) is 11.5 Å². The van der Waals surface area contributed by atoms with Crippen molar-refractivity contribution in [1.29, 1.82) is 0 Å². The van der Waals surface area contributed by atoms with E-state index in [2.05, 4.69) is 22.3 Å². The molecule has 3 rings (SSSR count). The van der Waals surface area contributed by atoms with Crippen molar-refractivity contribution in [3.63, 3.8) is 0 Å². The first-order chi connectivity index (χ1) is 10.7. The monoisotopic (exact) mass is 314 g/mol. The molecule has 5 heteroatoms. The number of benzene rings is 2. The van der Waals surface area contributed by atoms with Crippen molar-refractivity contribution in [2.45, 2.75) is 6.42 Å². The molecule has 0 saturated heterocycles. The van der Waals surface area contributed by atoms with Crippen molar-refractivity contribution >= 4 is 22.4 Å². The molecule has 1 heterocycles. The van der Waals surface area contributed by atoms with Crippen LogP contribution in [0.1, 0.15) is 11.3 Å².